The van der Waals surface area contributed by atoms with E-state index in [-0.39, 0.29) is 0 Å². The summed E-state index contributed by atoms with van der Waals surface area (Å²) in [6.45, 7) is 8.52. The average Bonchev–Trinajstić information content (AvgIpc) is 3.32. The SMILES string of the molecule is Cc1ccc2c(N(c3ccc(-c4ccc(-c5ccc(N(c6cccc7cc(C)ccc67)c6cccc7cc(C)ccc67)c(Cl)c5)c(Cl)c4)cc3Cl)c3cccc4cc(C)ccc34)cccc2c1. The van der Waals surface area contributed by atoms with Crippen molar-refractivity contribution in [3.05, 3.63) is 238 Å². The molecule has 11 aromatic rings. The minimum Gasteiger partial charge on any atom is -0.308 e. The van der Waals surface area contributed by atoms with E-state index in [4.69, 9.17) is 34.8 Å². The Labute approximate surface area is 406 Å². The molecule has 0 radical (unpaired) electrons. The first-order chi connectivity index (χ1) is 32.6. The van der Waals surface area contributed by atoms with Crippen molar-refractivity contribution in [3.8, 4) is 22.3 Å². The standard InChI is InChI=1S/C62H45Cl3N2/c1-38-17-24-50-44(31-38)9-5-13-57(50)66(58-14-6-10-45-32-39(2)18-25-51(45)58)61-29-22-43(36-55(61)64)42-21-28-49(54(63)35-42)48-23-30-62(56(65)37-48)67(59-15-7-11-46-33-40(3)19-26-52(46)59)60-16-8-12-47-34-41(4)20-27-53(47)60/h5-37H,1-4H3. The van der Waals surface area contributed by atoms with Crippen molar-refractivity contribution >= 4 is 112 Å². The summed E-state index contributed by atoms with van der Waals surface area (Å²) in [7, 11) is 0. The zero-order chi connectivity index (χ0) is 45.9. The molecule has 0 spiro atoms. The third-order valence-corrected chi connectivity index (χ3v) is 13.9. The van der Waals surface area contributed by atoms with Crippen LogP contribution in [-0.2, 0) is 0 Å². The molecule has 0 aliphatic heterocycles. The Morgan fingerprint density at radius 1 is 0.269 bits per heavy atom. The molecular weight excluding hydrogens is 879 g/mol. The van der Waals surface area contributed by atoms with Crippen molar-refractivity contribution in [2.45, 2.75) is 27.7 Å². The molecule has 0 aliphatic carbocycles. The summed E-state index contributed by atoms with van der Waals surface area (Å²) >= 11 is 22.1. The zero-order valence-electron chi connectivity index (χ0n) is 37.6. The number of halogens is 3. The van der Waals surface area contributed by atoms with Gasteiger partial charge in [-0.1, -0.05) is 203 Å². The number of nitrogens with zero attached hydrogens (tertiary/aromatic N) is 2. The molecule has 0 N–H and O–H groups in total. The van der Waals surface area contributed by atoms with Crippen LogP contribution in [-0.4, -0.2) is 0 Å². The number of hydrogen-bond donors (Lipinski definition) is 0. The van der Waals surface area contributed by atoms with Crippen LogP contribution in [0.15, 0.2) is 200 Å². The quantitative estimate of drug-likeness (QED) is 0.150. The normalized spacial score (nSPS) is 11.5. The summed E-state index contributed by atoms with van der Waals surface area (Å²) in [5, 5.41) is 11.1. The van der Waals surface area contributed by atoms with E-state index in [1.807, 2.05) is 18.2 Å². The molecule has 0 amide bonds. The molecule has 67 heavy (non-hydrogen) atoms. The summed E-state index contributed by atoms with van der Waals surface area (Å²) in [5.74, 6) is 0. The number of fused-ring (bicyclic) bond motifs is 4. The highest BCUT2D eigenvalue weighted by Crippen LogP contribution is 2.48. The largest absolute Gasteiger partial charge is 0.308 e. The van der Waals surface area contributed by atoms with Gasteiger partial charge in [0.25, 0.3) is 0 Å². The van der Waals surface area contributed by atoms with Crippen LogP contribution in [0.5, 0.6) is 0 Å². The number of anilines is 6. The van der Waals surface area contributed by atoms with Gasteiger partial charge in [0.2, 0.25) is 0 Å². The first-order valence-corrected chi connectivity index (χ1v) is 23.7. The maximum atomic E-state index is 7.43. The topological polar surface area (TPSA) is 6.48 Å². The molecule has 11 aromatic carbocycles. The molecule has 0 fully saturated rings. The lowest BCUT2D eigenvalue weighted by Gasteiger charge is -2.29. The third kappa shape index (κ3) is 7.86. The molecule has 2 nitrogen and oxygen atoms in total. The van der Waals surface area contributed by atoms with Gasteiger partial charge < -0.3 is 9.80 Å². The third-order valence-electron chi connectivity index (χ3n) is 13.0. The molecule has 11 rings (SSSR count). The summed E-state index contributed by atoms with van der Waals surface area (Å²) in [6.07, 6.45) is 0. The second-order valence-corrected chi connectivity index (χ2v) is 18.9. The van der Waals surface area contributed by atoms with Crippen LogP contribution in [0.3, 0.4) is 0 Å². The van der Waals surface area contributed by atoms with Gasteiger partial charge in [-0.2, -0.15) is 0 Å². The Kier molecular flexibility index (Phi) is 11.0. The molecule has 0 saturated heterocycles. The summed E-state index contributed by atoms with van der Waals surface area (Å²) in [5.41, 5.74) is 14.6. The lowest BCUT2D eigenvalue weighted by Crippen LogP contribution is -2.12. The van der Waals surface area contributed by atoms with Crippen LogP contribution in [0.2, 0.25) is 15.1 Å². The molecule has 5 heteroatoms. The fourth-order valence-electron chi connectivity index (χ4n) is 9.75. The van der Waals surface area contributed by atoms with Gasteiger partial charge >= 0.3 is 0 Å². The predicted octanol–water partition coefficient (Wildman–Crippen LogP) is 19.8. The maximum Gasteiger partial charge on any atom is 0.0652 e. The van der Waals surface area contributed by atoms with Crippen molar-refractivity contribution in [2.24, 2.45) is 0 Å². The van der Waals surface area contributed by atoms with Gasteiger partial charge in [0.05, 0.1) is 44.2 Å². The number of benzene rings is 11. The summed E-state index contributed by atoms with van der Waals surface area (Å²) in [4.78, 5) is 4.59. The van der Waals surface area contributed by atoms with Crippen LogP contribution >= 0.6 is 34.8 Å². The van der Waals surface area contributed by atoms with Crippen molar-refractivity contribution in [1.82, 2.24) is 0 Å². The molecule has 0 unspecified atom stereocenters. The Morgan fingerprint density at radius 3 is 0.925 bits per heavy atom. The number of rotatable bonds is 8. The second kappa shape index (κ2) is 17.3. The van der Waals surface area contributed by atoms with Crippen LogP contribution < -0.4 is 9.80 Å². The number of aryl methyl sites for hydroxylation is 4. The average molecular weight is 924 g/mol. The second-order valence-electron chi connectivity index (χ2n) is 17.7. The maximum absolute atomic E-state index is 7.43. The van der Waals surface area contributed by atoms with E-state index in [0.29, 0.717) is 15.1 Å². The smallest absolute Gasteiger partial charge is 0.0652 e. The molecule has 0 heterocycles. The van der Waals surface area contributed by atoms with Crippen molar-refractivity contribution in [2.75, 3.05) is 9.80 Å². The van der Waals surface area contributed by atoms with Gasteiger partial charge in [-0.3, -0.25) is 0 Å². The van der Waals surface area contributed by atoms with Crippen molar-refractivity contribution < 1.29 is 0 Å². The van der Waals surface area contributed by atoms with E-state index < -0.39 is 0 Å². The lowest BCUT2D eigenvalue weighted by molar-refractivity contribution is 1.31. The van der Waals surface area contributed by atoms with Crippen LogP contribution in [0.4, 0.5) is 34.1 Å². The highest BCUT2D eigenvalue weighted by Gasteiger charge is 2.23. The van der Waals surface area contributed by atoms with Crippen LogP contribution in [0.1, 0.15) is 22.3 Å². The Hall–Kier alpha value is -7.07. The van der Waals surface area contributed by atoms with E-state index in [1.165, 1.54) is 43.8 Å². The van der Waals surface area contributed by atoms with E-state index in [9.17, 15) is 0 Å². The lowest BCUT2D eigenvalue weighted by atomic mass is 9.98. The van der Waals surface area contributed by atoms with Gasteiger partial charge in [0.15, 0.2) is 0 Å². The van der Waals surface area contributed by atoms with Crippen LogP contribution in [0, 0.1) is 27.7 Å². The van der Waals surface area contributed by atoms with Crippen molar-refractivity contribution in [3.63, 3.8) is 0 Å². The fourth-order valence-corrected chi connectivity index (χ4v) is 10.6. The number of hydrogen-bond acceptors (Lipinski definition) is 2. The molecular formula is C62H45Cl3N2. The highest BCUT2D eigenvalue weighted by atomic mass is 35.5. The van der Waals surface area contributed by atoms with Crippen LogP contribution in [0.25, 0.3) is 65.3 Å². The van der Waals surface area contributed by atoms with E-state index in [2.05, 4.69) is 219 Å². The Balaban J connectivity index is 0.972. The first-order valence-electron chi connectivity index (χ1n) is 22.6. The minimum atomic E-state index is 0.612. The molecule has 0 aromatic heterocycles. The molecule has 0 aliphatic rings. The van der Waals surface area contributed by atoms with Gasteiger partial charge in [-0.05, 0) is 121 Å². The van der Waals surface area contributed by atoms with Gasteiger partial charge in [-0.15, -0.1) is 0 Å². The summed E-state index contributed by atoms with van der Waals surface area (Å²) < 4.78 is 0. The van der Waals surface area contributed by atoms with E-state index >= 15 is 0 Å². The van der Waals surface area contributed by atoms with Gasteiger partial charge in [-0.25, -0.2) is 0 Å². The van der Waals surface area contributed by atoms with E-state index in [1.54, 1.807) is 0 Å². The van der Waals surface area contributed by atoms with Gasteiger partial charge in [0.1, 0.15) is 0 Å². The Morgan fingerprint density at radius 2 is 0.582 bits per heavy atom. The predicted molar refractivity (Wildman–Crippen MR) is 291 cm³/mol. The summed E-state index contributed by atoms with van der Waals surface area (Å²) in [6, 6.07) is 71.1. The molecule has 0 saturated carbocycles. The molecule has 324 valence electrons. The van der Waals surface area contributed by atoms with Crippen molar-refractivity contribution in [1.29, 1.82) is 0 Å². The van der Waals surface area contributed by atoms with Gasteiger partial charge in [0, 0.05) is 32.1 Å². The zero-order valence-corrected chi connectivity index (χ0v) is 39.8. The Bertz CT molecular complexity index is 3590. The molecule has 0 bridgehead atoms. The fraction of sp³-hybridized carbons (Fsp3) is 0.0645. The minimum absolute atomic E-state index is 0.612. The monoisotopic (exact) mass is 922 g/mol. The highest BCUT2D eigenvalue weighted by molar-refractivity contribution is 6.36. The molecule has 0 atom stereocenters. The first kappa shape index (κ1) is 42.6. The van der Waals surface area contributed by atoms with E-state index in [0.717, 1.165) is 77.9 Å².